The molecule has 1 spiro atoms. The van der Waals surface area contributed by atoms with E-state index in [-0.39, 0.29) is 30.0 Å². The van der Waals surface area contributed by atoms with Gasteiger partial charge in [-0.25, -0.2) is 4.39 Å². The van der Waals surface area contributed by atoms with Gasteiger partial charge in [0.25, 0.3) is 0 Å². The molecule has 0 aromatic heterocycles. The molecule has 3 fully saturated rings. The van der Waals surface area contributed by atoms with Crippen molar-refractivity contribution in [3.63, 3.8) is 0 Å². The van der Waals surface area contributed by atoms with Crippen molar-refractivity contribution in [3.8, 4) is 0 Å². The highest BCUT2D eigenvalue weighted by atomic mass is 19.1. The molecule has 0 aliphatic carbocycles. The number of rotatable bonds is 5. The number of carbonyl (C=O) groups excluding carboxylic acids is 1. The van der Waals surface area contributed by atoms with Crippen molar-refractivity contribution in [2.75, 3.05) is 39.4 Å². The van der Waals surface area contributed by atoms with Gasteiger partial charge in [0, 0.05) is 45.8 Å². The topological polar surface area (TPSA) is 42.0 Å². The van der Waals surface area contributed by atoms with Gasteiger partial charge in [0.1, 0.15) is 12.4 Å². The van der Waals surface area contributed by atoms with Crippen molar-refractivity contribution >= 4 is 5.91 Å². The first-order valence-electron chi connectivity index (χ1n) is 9.62. The van der Waals surface area contributed by atoms with Crippen molar-refractivity contribution in [1.29, 1.82) is 0 Å². The SMILES string of the molecule is O=C(CO[C@@H]1CCOC2(C1)CN(Cc1cccc(F)c1)C2)N1CCCC1. The fourth-order valence-corrected chi connectivity index (χ4v) is 4.37. The molecule has 1 aromatic carbocycles. The zero-order chi connectivity index (χ0) is 18.0. The number of likely N-dealkylation sites (tertiary alicyclic amines) is 2. The van der Waals surface area contributed by atoms with E-state index in [1.54, 1.807) is 12.1 Å². The summed E-state index contributed by atoms with van der Waals surface area (Å²) in [5.41, 5.74) is 0.826. The Kier molecular flexibility index (Phi) is 5.25. The van der Waals surface area contributed by atoms with Crippen molar-refractivity contribution in [2.24, 2.45) is 0 Å². The van der Waals surface area contributed by atoms with Crippen LogP contribution in [-0.2, 0) is 20.8 Å². The molecule has 6 heteroatoms. The fraction of sp³-hybridized carbons (Fsp3) is 0.650. The summed E-state index contributed by atoms with van der Waals surface area (Å²) < 4.78 is 25.3. The molecule has 3 heterocycles. The van der Waals surface area contributed by atoms with Crippen LogP contribution in [0.15, 0.2) is 24.3 Å². The van der Waals surface area contributed by atoms with Crippen molar-refractivity contribution in [1.82, 2.24) is 9.80 Å². The zero-order valence-electron chi connectivity index (χ0n) is 15.2. The van der Waals surface area contributed by atoms with Crippen molar-refractivity contribution < 1.29 is 18.7 Å². The highest BCUT2D eigenvalue weighted by Gasteiger charge is 2.47. The minimum Gasteiger partial charge on any atom is -0.372 e. The summed E-state index contributed by atoms with van der Waals surface area (Å²) in [4.78, 5) is 16.3. The zero-order valence-corrected chi connectivity index (χ0v) is 15.2. The minimum absolute atomic E-state index is 0.0895. The molecule has 5 nitrogen and oxygen atoms in total. The monoisotopic (exact) mass is 362 g/mol. The van der Waals surface area contributed by atoms with E-state index in [2.05, 4.69) is 4.90 Å². The number of hydrogen-bond donors (Lipinski definition) is 0. The Labute approximate surface area is 154 Å². The van der Waals surface area contributed by atoms with E-state index in [9.17, 15) is 9.18 Å². The van der Waals surface area contributed by atoms with Crippen LogP contribution in [0.2, 0.25) is 0 Å². The third kappa shape index (κ3) is 4.08. The molecule has 1 amide bonds. The number of ether oxygens (including phenoxy) is 2. The summed E-state index contributed by atoms with van der Waals surface area (Å²) >= 11 is 0. The van der Waals surface area contributed by atoms with Gasteiger partial charge in [-0.05, 0) is 37.0 Å². The molecule has 1 atom stereocenters. The smallest absolute Gasteiger partial charge is 0.248 e. The van der Waals surface area contributed by atoms with E-state index in [1.165, 1.54) is 6.07 Å². The lowest BCUT2D eigenvalue weighted by atomic mass is 9.84. The highest BCUT2D eigenvalue weighted by molar-refractivity contribution is 5.77. The average molecular weight is 362 g/mol. The second kappa shape index (κ2) is 7.62. The van der Waals surface area contributed by atoms with Crippen LogP contribution in [0.4, 0.5) is 4.39 Å². The molecule has 142 valence electrons. The first kappa shape index (κ1) is 17.9. The Bertz CT molecular complexity index is 642. The lowest BCUT2D eigenvalue weighted by Crippen LogP contribution is -2.65. The largest absolute Gasteiger partial charge is 0.372 e. The number of carbonyl (C=O) groups is 1. The molecule has 3 aliphatic heterocycles. The van der Waals surface area contributed by atoms with E-state index >= 15 is 0 Å². The van der Waals surface area contributed by atoms with Gasteiger partial charge in [0.15, 0.2) is 0 Å². The molecule has 0 bridgehead atoms. The molecule has 0 saturated carbocycles. The van der Waals surface area contributed by atoms with Gasteiger partial charge in [-0.2, -0.15) is 0 Å². The Hall–Kier alpha value is -1.50. The summed E-state index contributed by atoms with van der Waals surface area (Å²) in [6, 6.07) is 6.75. The van der Waals surface area contributed by atoms with Crippen LogP contribution >= 0.6 is 0 Å². The second-order valence-corrected chi connectivity index (χ2v) is 7.82. The number of benzene rings is 1. The third-order valence-corrected chi connectivity index (χ3v) is 5.67. The van der Waals surface area contributed by atoms with Crippen LogP contribution in [0.25, 0.3) is 0 Å². The molecule has 0 N–H and O–H groups in total. The third-order valence-electron chi connectivity index (χ3n) is 5.67. The van der Waals surface area contributed by atoms with E-state index in [4.69, 9.17) is 9.47 Å². The highest BCUT2D eigenvalue weighted by Crippen LogP contribution is 2.36. The first-order valence-corrected chi connectivity index (χ1v) is 9.62. The second-order valence-electron chi connectivity index (χ2n) is 7.82. The van der Waals surface area contributed by atoms with Crippen LogP contribution in [-0.4, -0.2) is 66.8 Å². The predicted octanol–water partition coefficient (Wildman–Crippen LogP) is 2.20. The molecule has 0 radical (unpaired) electrons. The van der Waals surface area contributed by atoms with Crippen LogP contribution in [0.5, 0.6) is 0 Å². The summed E-state index contributed by atoms with van der Waals surface area (Å²) in [6.45, 7) is 5.02. The number of amides is 1. The van der Waals surface area contributed by atoms with E-state index in [1.807, 2.05) is 11.0 Å². The number of halogens is 1. The Morgan fingerprint density at radius 2 is 2.12 bits per heavy atom. The Balaban J connectivity index is 1.23. The maximum atomic E-state index is 13.3. The molecule has 0 unspecified atom stereocenters. The summed E-state index contributed by atoms with van der Waals surface area (Å²) in [5, 5.41) is 0. The van der Waals surface area contributed by atoms with Crippen LogP contribution < -0.4 is 0 Å². The van der Waals surface area contributed by atoms with Crippen LogP contribution in [0, 0.1) is 5.82 Å². The van der Waals surface area contributed by atoms with Gasteiger partial charge in [0.05, 0.1) is 11.7 Å². The maximum absolute atomic E-state index is 13.3. The summed E-state index contributed by atoms with van der Waals surface area (Å²) in [5.74, 6) is -0.0767. The standard InChI is InChI=1S/C20H27FN2O3/c21-17-5-3-4-16(10-17)12-22-14-20(15-22)11-18(6-9-26-20)25-13-19(24)23-7-1-2-8-23/h3-5,10,18H,1-2,6-9,11-15H2/t18-/m1/s1. The number of nitrogens with zero attached hydrogens (tertiary/aromatic N) is 2. The quantitative estimate of drug-likeness (QED) is 0.805. The lowest BCUT2D eigenvalue weighted by Gasteiger charge is -2.53. The van der Waals surface area contributed by atoms with Crippen LogP contribution in [0.3, 0.4) is 0 Å². The van der Waals surface area contributed by atoms with Gasteiger partial charge in [-0.15, -0.1) is 0 Å². The normalized spacial score (nSPS) is 25.4. The lowest BCUT2D eigenvalue weighted by molar-refractivity contribution is -0.200. The molecule has 26 heavy (non-hydrogen) atoms. The molecule has 3 aliphatic rings. The van der Waals surface area contributed by atoms with Gasteiger partial charge < -0.3 is 14.4 Å². The van der Waals surface area contributed by atoms with Crippen molar-refractivity contribution in [2.45, 2.75) is 43.9 Å². The number of hydrogen-bond acceptors (Lipinski definition) is 4. The molecule has 3 saturated heterocycles. The van der Waals surface area contributed by atoms with E-state index < -0.39 is 0 Å². The van der Waals surface area contributed by atoms with E-state index in [0.29, 0.717) is 6.61 Å². The Morgan fingerprint density at radius 3 is 2.88 bits per heavy atom. The van der Waals surface area contributed by atoms with E-state index in [0.717, 1.165) is 64.0 Å². The molecule has 1 aromatic rings. The van der Waals surface area contributed by atoms with Crippen molar-refractivity contribution in [3.05, 3.63) is 35.6 Å². The van der Waals surface area contributed by atoms with Crippen LogP contribution in [0.1, 0.15) is 31.2 Å². The minimum atomic E-state index is -0.192. The molecular weight excluding hydrogens is 335 g/mol. The van der Waals surface area contributed by atoms with Gasteiger partial charge >= 0.3 is 0 Å². The average Bonchev–Trinajstić information content (AvgIpc) is 3.13. The molecule has 4 rings (SSSR count). The maximum Gasteiger partial charge on any atom is 0.248 e. The Morgan fingerprint density at radius 1 is 1.31 bits per heavy atom. The molecular formula is C20H27FN2O3. The predicted molar refractivity (Wildman–Crippen MR) is 95.1 cm³/mol. The van der Waals surface area contributed by atoms with Gasteiger partial charge in [-0.1, -0.05) is 12.1 Å². The first-order chi connectivity index (χ1) is 12.6. The summed E-state index contributed by atoms with van der Waals surface area (Å²) in [7, 11) is 0. The summed E-state index contributed by atoms with van der Waals surface area (Å²) in [6.07, 6.45) is 3.98. The fourth-order valence-electron chi connectivity index (χ4n) is 4.37. The van der Waals surface area contributed by atoms with Gasteiger partial charge in [0.2, 0.25) is 5.91 Å². The van der Waals surface area contributed by atoms with Gasteiger partial charge in [-0.3, -0.25) is 9.69 Å².